The van der Waals surface area contributed by atoms with E-state index in [0.29, 0.717) is 0 Å². The lowest BCUT2D eigenvalue weighted by molar-refractivity contribution is 0.453. The van der Waals surface area contributed by atoms with Crippen LogP contribution < -0.4 is 5.32 Å². The van der Waals surface area contributed by atoms with E-state index in [9.17, 15) is 0 Å². The molecule has 0 aliphatic rings. The highest BCUT2D eigenvalue weighted by Crippen LogP contribution is 2.28. The molecular formula is C17H18N2OS. The molecule has 0 radical (unpaired) electrons. The van der Waals surface area contributed by atoms with Crippen LogP contribution in [0.3, 0.4) is 0 Å². The average molecular weight is 298 g/mol. The third-order valence-corrected chi connectivity index (χ3v) is 4.38. The summed E-state index contributed by atoms with van der Waals surface area (Å²) in [5.41, 5.74) is 1.33. The molecule has 1 aromatic heterocycles. The largest absolute Gasteiger partial charge is 0.440 e. The Morgan fingerprint density at radius 1 is 1.19 bits per heavy atom. The summed E-state index contributed by atoms with van der Waals surface area (Å²) in [6.07, 6.45) is 3.30. The van der Waals surface area contributed by atoms with Crippen LogP contribution >= 0.6 is 11.8 Å². The minimum Gasteiger partial charge on any atom is -0.440 e. The van der Waals surface area contributed by atoms with Crippen molar-refractivity contribution >= 4 is 22.5 Å². The van der Waals surface area contributed by atoms with E-state index in [0.717, 1.165) is 17.5 Å². The van der Waals surface area contributed by atoms with Crippen LogP contribution in [0.4, 0.5) is 0 Å². The summed E-state index contributed by atoms with van der Waals surface area (Å²) in [6, 6.07) is 15.3. The average Bonchev–Trinajstić information content (AvgIpc) is 3.04. The lowest BCUT2D eigenvalue weighted by atomic mass is 9.99. The number of hydrogen-bond acceptors (Lipinski definition) is 4. The SMILES string of the molecule is CCNC(CSc1ncco1)c1cccc2ccccc12. The molecule has 3 rings (SSSR count). The van der Waals surface area contributed by atoms with Gasteiger partial charge in [0.15, 0.2) is 0 Å². The van der Waals surface area contributed by atoms with Crippen LogP contribution in [0, 0.1) is 0 Å². The highest BCUT2D eigenvalue weighted by molar-refractivity contribution is 7.99. The van der Waals surface area contributed by atoms with Gasteiger partial charge in [-0.1, -0.05) is 61.2 Å². The van der Waals surface area contributed by atoms with E-state index in [2.05, 4.69) is 59.7 Å². The van der Waals surface area contributed by atoms with E-state index in [1.165, 1.54) is 16.3 Å². The summed E-state index contributed by atoms with van der Waals surface area (Å²) in [7, 11) is 0. The number of rotatable bonds is 6. The Bertz CT molecular complexity index is 692. The van der Waals surface area contributed by atoms with Crippen molar-refractivity contribution in [1.82, 2.24) is 10.3 Å². The number of nitrogens with zero attached hydrogens (tertiary/aromatic N) is 1. The molecule has 1 N–H and O–H groups in total. The van der Waals surface area contributed by atoms with Crippen LogP contribution in [-0.4, -0.2) is 17.3 Å². The fourth-order valence-corrected chi connectivity index (χ4v) is 3.36. The van der Waals surface area contributed by atoms with Gasteiger partial charge in [0.05, 0.1) is 6.20 Å². The lowest BCUT2D eigenvalue weighted by Crippen LogP contribution is -2.23. The molecule has 0 saturated carbocycles. The van der Waals surface area contributed by atoms with Gasteiger partial charge in [-0.15, -0.1) is 0 Å². The van der Waals surface area contributed by atoms with Crippen molar-refractivity contribution in [3.8, 4) is 0 Å². The number of fused-ring (bicyclic) bond motifs is 1. The quantitative estimate of drug-likeness (QED) is 0.690. The van der Waals surface area contributed by atoms with E-state index in [4.69, 9.17) is 4.42 Å². The number of thioether (sulfide) groups is 1. The topological polar surface area (TPSA) is 38.1 Å². The molecule has 0 aliphatic carbocycles. The molecule has 1 heterocycles. The molecular weight excluding hydrogens is 280 g/mol. The second kappa shape index (κ2) is 6.78. The summed E-state index contributed by atoms with van der Waals surface area (Å²) in [5.74, 6) is 0.891. The summed E-state index contributed by atoms with van der Waals surface area (Å²) in [6.45, 7) is 3.06. The van der Waals surface area contributed by atoms with Crippen LogP contribution in [0.25, 0.3) is 10.8 Å². The predicted molar refractivity (Wildman–Crippen MR) is 87.6 cm³/mol. The van der Waals surface area contributed by atoms with Crippen LogP contribution in [0.15, 0.2) is 64.6 Å². The molecule has 3 nitrogen and oxygen atoms in total. The summed E-state index contributed by atoms with van der Waals surface area (Å²) >= 11 is 1.64. The maximum Gasteiger partial charge on any atom is 0.255 e. The van der Waals surface area contributed by atoms with Crippen molar-refractivity contribution in [2.45, 2.75) is 18.2 Å². The molecule has 0 spiro atoms. The Kier molecular flexibility index (Phi) is 4.58. The van der Waals surface area contributed by atoms with Crippen LogP contribution in [-0.2, 0) is 0 Å². The van der Waals surface area contributed by atoms with Gasteiger partial charge >= 0.3 is 0 Å². The smallest absolute Gasteiger partial charge is 0.255 e. The predicted octanol–water partition coefficient (Wildman–Crippen LogP) is 4.27. The molecule has 108 valence electrons. The number of benzene rings is 2. The van der Waals surface area contributed by atoms with Crippen molar-refractivity contribution in [3.05, 3.63) is 60.5 Å². The monoisotopic (exact) mass is 298 g/mol. The first-order valence-electron chi connectivity index (χ1n) is 7.12. The normalized spacial score (nSPS) is 12.6. The molecule has 4 heteroatoms. The molecule has 1 atom stereocenters. The molecule has 2 aromatic carbocycles. The van der Waals surface area contributed by atoms with Crippen molar-refractivity contribution < 1.29 is 4.42 Å². The van der Waals surface area contributed by atoms with Gasteiger partial charge in [0.25, 0.3) is 5.22 Å². The summed E-state index contributed by atoms with van der Waals surface area (Å²) in [4.78, 5) is 4.17. The van der Waals surface area contributed by atoms with Gasteiger partial charge in [0.2, 0.25) is 0 Å². The first-order chi connectivity index (χ1) is 10.4. The molecule has 0 aliphatic heterocycles. The molecule has 21 heavy (non-hydrogen) atoms. The van der Waals surface area contributed by atoms with Crippen molar-refractivity contribution in [1.29, 1.82) is 0 Å². The Balaban J connectivity index is 1.88. The number of nitrogens with one attached hydrogen (secondary N) is 1. The van der Waals surface area contributed by atoms with Gasteiger partial charge in [-0.3, -0.25) is 0 Å². The van der Waals surface area contributed by atoms with Crippen LogP contribution in [0.2, 0.25) is 0 Å². The molecule has 1 unspecified atom stereocenters. The molecule has 0 saturated heterocycles. The van der Waals surface area contributed by atoms with Gasteiger partial charge < -0.3 is 9.73 Å². The number of oxazole rings is 1. The van der Waals surface area contributed by atoms with Gasteiger partial charge in [0.1, 0.15) is 6.26 Å². The highest BCUT2D eigenvalue weighted by atomic mass is 32.2. The zero-order valence-electron chi connectivity index (χ0n) is 12.0. The zero-order chi connectivity index (χ0) is 14.5. The van der Waals surface area contributed by atoms with Gasteiger partial charge in [-0.25, -0.2) is 4.98 Å². The maximum atomic E-state index is 5.31. The highest BCUT2D eigenvalue weighted by Gasteiger charge is 2.14. The number of aromatic nitrogens is 1. The number of hydrogen-bond donors (Lipinski definition) is 1. The minimum atomic E-state index is 0.276. The first-order valence-corrected chi connectivity index (χ1v) is 8.10. The van der Waals surface area contributed by atoms with Crippen molar-refractivity contribution in [3.63, 3.8) is 0 Å². The lowest BCUT2D eigenvalue weighted by Gasteiger charge is -2.19. The standard InChI is InChI=1S/C17H18N2OS/c1-2-18-16(12-21-17-19-10-11-20-17)15-9-5-7-13-6-3-4-8-14(13)15/h3-11,16,18H,2,12H2,1H3. The van der Waals surface area contributed by atoms with Gasteiger partial charge in [-0.2, -0.15) is 0 Å². The van der Waals surface area contributed by atoms with E-state index in [-0.39, 0.29) is 6.04 Å². The van der Waals surface area contributed by atoms with Gasteiger partial charge in [0, 0.05) is 11.8 Å². The van der Waals surface area contributed by atoms with E-state index >= 15 is 0 Å². The fourth-order valence-electron chi connectivity index (χ4n) is 2.50. The van der Waals surface area contributed by atoms with E-state index in [1.807, 2.05) is 0 Å². The molecule has 3 aromatic rings. The van der Waals surface area contributed by atoms with Crippen molar-refractivity contribution in [2.24, 2.45) is 0 Å². The zero-order valence-corrected chi connectivity index (χ0v) is 12.8. The van der Waals surface area contributed by atoms with Gasteiger partial charge in [-0.05, 0) is 22.9 Å². The second-order valence-corrected chi connectivity index (χ2v) is 5.76. The van der Waals surface area contributed by atoms with Crippen LogP contribution in [0.1, 0.15) is 18.5 Å². The minimum absolute atomic E-state index is 0.276. The molecule has 0 amide bonds. The third kappa shape index (κ3) is 3.28. The Morgan fingerprint density at radius 2 is 2.05 bits per heavy atom. The Hall–Kier alpha value is -1.78. The van der Waals surface area contributed by atoms with E-state index < -0.39 is 0 Å². The first kappa shape index (κ1) is 14.2. The van der Waals surface area contributed by atoms with Crippen LogP contribution in [0.5, 0.6) is 0 Å². The molecule has 0 bridgehead atoms. The second-order valence-electron chi connectivity index (χ2n) is 4.79. The Labute approximate surface area is 128 Å². The molecule has 0 fully saturated rings. The summed E-state index contributed by atoms with van der Waals surface area (Å²) < 4.78 is 5.31. The maximum absolute atomic E-state index is 5.31. The van der Waals surface area contributed by atoms with Crippen molar-refractivity contribution in [2.75, 3.05) is 12.3 Å². The van der Waals surface area contributed by atoms with E-state index in [1.54, 1.807) is 24.2 Å². The Morgan fingerprint density at radius 3 is 2.86 bits per heavy atom. The summed E-state index contributed by atoms with van der Waals surface area (Å²) in [5, 5.41) is 6.87. The third-order valence-electron chi connectivity index (χ3n) is 3.43. The fraction of sp³-hybridized carbons (Fsp3) is 0.235.